The Morgan fingerprint density at radius 3 is 2.45 bits per heavy atom. The van der Waals surface area contributed by atoms with Gasteiger partial charge in [0.15, 0.2) is 0 Å². The van der Waals surface area contributed by atoms with Gasteiger partial charge < -0.3 is 15.8 Å². The van der Waals surface area contributed by atoms with Gasteiger partial charge in [-0.3, -0.25) is 4.79 Å². The monoisotopic (exact) mass is 298 g/mol. The van der Waals surface area contributed by atoms with Crippen LogP contribution in [-0.2, 0) is 11.3 Å². The number of benzene rings is 2. The third-order valence-corrected chi connectivity index (χ3v) is 3.78. The number of ether oxygens (including phenoxy) is 1. The smallest absolute Gasteiger partial charge is 0.225 e. The Morgan fingerprint density at radius 2 is 1.77 bits per heavy atom. The molecule has 22 heavy (non-hydrogen) atoms. The second kappa shape index (κ2) is 7.61. The van der Waals surface area contributed by atoms with Crippen LogP contribution in [0, 0.1) is 5.92 Å². The highest BCUT2D eigenvalue weighted by atomic mass is 16.5. The quantitative estimate of drug-likeness (QED) is 0.861. The summed E-state index contributed by atoms with van der Waals surface area (Å²) in [5.41, 5.74) is 8.08. The van der Waals surface area contributed by atoms with E-state index in [1.165, 1.54) is 0 Å². The van der Waals surface area contributed by atoms with Crippen LogP contribution < -0.4 is 15.8 Å². The first-order valence-electron chi connectivity index (χ1n) is 7.33. The first-order chi connectivity index (χ1) is 10.6. The summed E-state index contributed by atoms with van der Waals surface area (Å²) < 4.78 is 5.28. The molecule has 1 amide bonds. The fourth-order valence-corrected chi connectivity index (χ4v) is 2.32. The highest BCUT2D eigenvalue weighted by Crippen LogP contribution is 2.20. The number of methoxy groups -OCH3 is 1. The predicted octanol–water partition coefficient (Wildman–Crippen LogP) is 2.65. The molecule has 2 rings (SSSR count). The standard InChI is InChI=1S/C18H22N2O2/c1-13(17(19)14-8-4-3-5-9-14)18(21)20-12-15-10-6-7-11-16(15)22-2/h3-11,13,17H,12,19H2,1-2H3,(H,20,21). The van der Waals surface area contributed by atoms with Crippen molar-refractivity contribution in [3.8, 4) is 5.75 Å². The van der Waals surface area contributed by atoms with Crippen LogP contribution in [0.3, 0.4) is 0 Å². The van der Waals surface area contributed by atoms with Crippen molar-refractivity contribution in [1.29, 1.82) is 0 Å². The van der Waals surface area contributed by atoms with Gasteiger partial charge in [-0.1, -0.05) is 55.5 Å². The molecule has 0 heterocycles. The van der Waals surface area contributed by atoms with Crippen LogP contribution in [0.2, 0.25) is 0 Å². The van der Waals surface area contributed by atoms with E-state index in [1.54, 1.807) is 7.11 Å². The van der Waals surface area contributed by atoms with E-state index in [0.717, 1.165) is 16.9 Å². The van der Waals surface area contributed by atoms with E-state index in [0.29, 0.717) is 6.54 Å². The molecule has 0 saturated carbocycles. The molecule has 2 atom stereocenters. The van der Waals surface area contributed by atoms with E-state index in [1.807, 2.05) is 61.5 Å². The number of hydrogen-bond donors (Lipinski definition) is 2. The molecule has 2 aromatic carbocycles. The van der Waals surface area contributed by atoms with E-state index >= 15 is 0 Å². The number of carbonyl (C=O) groups excluding carboxylic acids is 1. The summed E-state index contributed by atoms with van der Waals surface area (Å²) in [5.74, 6) is 0.391. The fraction of sp³-hybridized carbons (Fsp3) is 0.278. The lowest BCUT2D eigenvalue weighted by molar-refractivity contribution is -0.125. The van der Waals surface area contributed by atoms with E-state index < -0.39 is 0 Å². The van der Waals surface area contributed by atoms with Crippen LogP contribution in [0.4, 0.5) is 0 Å². The lowest BCUT2D eigenvalue weighted by Gasteiger charge is -2.20. The van der Waals surface area contributed by atoms with Gasteiger partial charge in [-0.25, -0.2) is 0 Å². The van der Waals surface area contributed by atoms with Gasteiger partial charge in [0.05, 0.1) is 13.0 Å². The number of hydrogen-bond acceptors (Lipinski definition) is 3. The predicted molar refractivity (Wildman–Crippen MR) is 87.4 cm³/mol. The van der Waals surface area contributed by atoms with Crippen molar-refractivity contribution in [2.75, 3.05) is 7.11 Å². The molecule has 0 saturated heterocycles. The molecule has 0 aliphatic carbocycles. The molecule has 0 aromatic heterocycles. The normalized spacial score (nSPS) is 13.2. The number of amides is 1. The Hall–Kier alpha value is -2.33. The molecule has 4 heteroatoms. The van der Waals surface area contributed by atoms with Crippen molar-refractivity contribution in [3.63, 3.8) is 0 Å². The maximum absolute atomic E-state index is 12.3. The number of nitrogens with one attached hydrogen (secondary N) is 1. The lowest BCUT2D eigenvalue weighted by Crippen LogP contribution is -2.35. The Morgan fingerprint density at radius 1 is 1.14 bits per heavy atom. The van der Waals surface area contributed by atoms with Gasteiger partial charge in [0, 0.05) is 18.2 Å². The van der Waals surface area contributed by atoms with Crippen LogP contribution in [0.5, 0.6) is 5.75 Å². The zero-order valence-electron chi connectivity index (χ0n) is 13.0. The minimum absolute atomic E-state index is 0.0674. The molecule has 0 aliphatic heterocycles. The van der Waals surface area contributed by atoms with E-state index in [9.17, 15) is 4.79 Å². The zero-order chi connectivity index (χ0) is 15.9. The summed E-state index contributed by atoms with van der Waals surface area (Å²) >= 11 is 0. The lowest BCUT2D eigenvalue weighted by atomic mass is 9.94. The largest absolute Gasteiger partial charge is 0.496 e. The van der Waals surface area contributed by atoms with Crippen molar-refractivity contribution in [2.45, 2.75) is 19.5 Å². The molecular weight excluding hydrogens is 276 g/mol. The van der Waals surface area contributed by atoms with Gasteiger partial charge in [-0.2, -0.15) is 0 Å². The summed E-state index contributed by atoms with van der Waals surface area (Å²) in [5, 5.41) is 2.93. The third kappa shape index (κ3) is 3.86. The van der Waals surface area contributed by atoms with Crippen molar-refractivity contribution < 1.29 is 9.53 Å². The van der Waals surface area contributed by atoms with Gasteiger partial charge in [0.2, 0.25) is 5.91 Å². The summed E-state index contributed by atoms with van der Waals surface area (Å²) in [6.45, 7) is 2.27. The van der Waals surface area contributed by atoms with E-state index in [2.05, 4.69) is 5.32 Å². The maximum atomic E-state index is 12.3. The van der Waals surface area contributed by atoms with Crippen molar-refractivity contribution in [3.05, 3.63) is 65.7 Å². The number of nitrogens with two attached hydrogens (primary N) is 1. The molecule has 0 spiro atoms. The minimum Gasteiger partial charge on any atom is -0.496 e. The Labute approximate surface area is 131 Å². The van der Waals surface area contributed by atoms with Crippen LogP contribution >= 0.6 is 0 Å². The molecular formula is C18H22N2O2. The van der Waals surface area contributed by atoms with Crippen LogP contribution in [0.15, 0.2) is 54.6 Å². The van der Waals surface area contributed by atoms with E-state index in [4.69, 9.17) is 10.5 Å². The average molecular weight is 298 g/mol. The minimum atomic E-state index is -0.320. The highest BCUT2D eigenvalue weighted by Gasteiger charge is 2.21. The first kappa shape index (κ1) is 16.0. The number of carbonyl (C=O) groups is 1. The molecule has 2 aromatic rings. The molecule has 0 radical (unpaired) electrons. The Bertz CT molecular complexity index is 613. The third-order valence-electron chi connectivity index (χ3n) is 3.78. The Balaban J connectivity index is 1.97. The molecule has 3 N–H and O–H groups in total. The molecule has 116 valence electrons. The molecule has 0 bridgehead atoms. The second-order valence-corrected chi connectivity index (χ2v) is 5.25. The van der Waals surface area contributed by atoms with Crippen LogP contribution in [0.1, 0.15) is 24.1 Å². The van der Waals surface area contributed by atoms with Gasteiger partial charge in [0.25, 0.3) is 0 Å². The molecule has 0 aliphatic rings. The maximum Gasteiger partial charge on any atom is 0.225 e. The van der Waals surface area contributed by atoms with Gasteiger partial charge in [0.1, 0.15) is 5.75 Å². The first-order valence-corrected chi connectivity index (χ1v) is 7.33. The number of para-hydroxylation sites is 1. The Kier molecular flexibility index (Phi) is 5.55. The van der Waals surface area contributed by atoms with Crippen LogP contribution in [0.25, 0.3) is 0 Å². The summed E-state index contributed by atoms with van der Waals surface area (Å²) in [7, 11) is 1.62. The molecule has 0 fully saturated rings. The summed E-state index contributed by atoms with van der Waals surface area (Å²) in [4.78, 5) is 12.3. The number of rotatable bonds is 6. The van der Waals surface area contributed by atoms with E-state index in [-0.39, 0.29) is 17.9 Å². The summed E-state index contributed by atoms with van der Waals surface area (Å²) in [6.07, 6.45) is 0. The molecule has 4 nitrogen and oxygen atoms in total. The SMILES string of the molecule is COc1ccccc1CNC(=O)C(C)C(N)c1ccccc1. The van der Waals surface area contributed by atoms with Gasteiger partial charge in [-0.05, 0) is 11.6 Å². The molecule has 2 unspecified atom stereocenters. The van der Waals surface area contributed by atoms with Crippen molar-refractivity contribution in [2.24, 2.45) is 11.7 Å². The zero-order valence-corrected chi connectivity index (χ0v) is 13.0. The van der Waals surface area contributed by atoms with Gasteiger partial charge >= 0.3 is 0 Å². The van der Waals surface area contributed by atoms with Crippen molar-refractivity contribution >= 4 is 5.91 Å². The topological polar surface area (TPSA) is 64.3 Å². The highest BCUT2D eigenvalue weighted by molar-refractivity contribution is 5.79. The fourth-order valence-electron chi connectivity index (χ4n) is 2.32. The second-order valence-electron chi connectivity index (χ2n) is 5.25. The van der Waals surface area contributed by atoms with Crippen LogP contribution in [-0.4, -0.2) is 13.0 Å². The average Bonchev–Trinajstić information content (AvgIpc) is 2.59. The van der Waals surface area contributed by atoms with Gasteiger partial charge in [-0.15, -0.1) is 0 Å². The van der Waals surface area contributed by atoms with Crippen molar-refractivity contribution in [1.82, 2.24) is 5.32 Å². The summed E-state index contributed by atoms with van der Waals surface area (Å²) in [6, 6.07) is 17.0.